The summed E-state index contributed by atoms with van der Waals surface area (Å²) in [7, 11) is -4.00. The molecule has 0 bridgehead atoms. The van der Waals surface area contributed by atoms with Crippen LogP contribution in [-0.2, 0) is 9.84 Å². The number of nitrogens with one attached hydrogen (secondary N) is 1. The highest BCUT2D eigenvalue weighted by molar-refractivity contribution is 7.91. The smallest absolute Gasteiger partial charge is 0.259 e. The maximum Gasteiger partial charge on any atom is 0.259 e. The van der Waals surface area contributed by atoms with Gasteiger partial charge in [-0.25, -0.2) is 8.42 Å². The summed E-state index contributed by atoms with van der Waals surface area (Å²) in [6.45, 7) is 8.91. The van der Waals surface area contributed by atoms with Crippen molar-refractivity contribution in [2.75, 3.05) is 37.7 Å². The monoisotopic (exact) mass is 496 g/mol. The third kappa shape index (κ3) is 3.99. The highest BCUT2D eigenvalue weighted by Gasteiger charge is 2.28. The second-order valence-corrected chi connectivity index (χ2v) is 11.0. The highest BCUT2D eigenvalue weighted by Crippen LogP contribution is 2.27. The van der Waals surface area contributed by atoms with Gasteiger partial charge in [0.2, 0.25) is 14.9 Å². The van der Waals surface area contributed by atoms with Gasteiger partial charge in [0.25, 0.3) is 5.56 Å². The van der Waals surface area contributed by atoms with Gasteiger partial charge < -0.3 is 15.0 Å². The number of fused-ring (bicyclic) bond motifs is 3. The van der Waals surface area contributed by atoms with Crippen molar-refractivity contribution >= 4 is 32.1 Å². The van der Waals surface area contributed by atoms with Gasteiger partial charge in [-0.3, -0.25) is 9.69 Å². The fraction of sp³-hybridized carbons (Fsp3) is 0.375. The molecule has 0 spiro atoms. The number of nitrogens with zero attached hydrogens (tertiary/aromatic N) is 5. The largest absolute Gasteiger partial charge is 0.395 e. The molecule has 1 saturated heterocycles. The summed E-state index contributed by atoms with van der Waals surface area (Å²) in [4.78, 5) is 20.1. The van der Waals surface area contributed by atoms with Gasteiger partial charge in [0.05, 0.1) is 22.4 Å². The molecule has 35 heavy (non-hydrogen) atoms. The standard InChI is InChI=1S/C24H28N6O4S/c1-15-4-7-21(16(2)12-15)35(33,34)24-22-25-23(32)19-6-5-18(13-20(19)30(22)27-26-24)29-10-8-28(9-11-29)17(3)14-31/h4-7,12-13,17,31H,8-11,14H2,1-3H3,(H,25,32). The average Bonchev–Trinajstić information content (AvgIpc) is 3.28. The quantitative estimate of drug-likeness (QED) is 0.426. The Morgan fingerprint density at radius 1 is 1.09 bits per heavy atom. The van der Waals surface area contributed by atoms with Crippen molar-refractivity contribution in [2.24, 2.45) is 0 Å². The summed E-state index contributed by atoms with van der Waals surface area (Å²) in [6.07, 6.45) is 0. The number of sulfone groups is 1. The summed E-state index contributed by atoms with van der Waals surface area (Å²) < 4.78 is 28.3. The van der Waals surface area contributed by atoms with Crippen molar-refractivity contribution in [1.29, 1.82) is 0 Å². The molecule has 11 heteroatoms. The lowest BCUT2D eigenvalue weighted by atomic mass is 10.1. The van der Waals surface area contributed by atoms with Crippen molar-refractivity contribution in [3.63, 3.8) is 0 Å². The van der Waals surface area contributed by atoms with Gasteiger partial charge in [0, 0.05) is 37.9 Å². The van der Waals surface area contributed by atoms with Crippen LogP contribution in [0.25, 0.3) is 16.6 Å². The van der Waals surface area contributed by atoms with E-state index in [9.17, 15) is 18.3 Å². The predicted octanol–water partition coefficient (Wildman–Crippen LogP) is 1.52. The van der Waals surface area contributed by atoms with Crippen LogP contribution in [0.5, 0.6) is 0 Å². The van der Waals surface area contributed by atoms with Gasteiger partial charge in [-0.15, -0.1) is 5.10 Å². The first kappa shape index (κ1) is 23.5. The zero-order valence-electron chi connectivity index (χ0n) is 19.9. The van der Waals surface area contributed by atoms with Crippen molar-refractivity contribution in [1.82, 2.24) is 24.7 Å². The Morgan fingerprint density at radius 3 is 2.51 bits per heavy atom. The van der Waals surface area contributed by atoms with Crippen molar-refractivity contribution in [3.8, 4) is 0 Å². The molecule has 1 fully saturated rings. The van der Waals surface area contributed by atoms with Crippen LogP contribution in [0.4, 0.5) is 5.69 Å². The fourth-order valence-corrected chi connectivity index (χ4v) is 6.20. The third-order valence-corrected chi connectivity index (χ3v) is 8.59. The van der Waals surface area contributed by atoms with Crippen LogP contribution in [0, 0.1) is 13.8 Å². The first-order valence-corrected chi connectivity index (χ1v) is 13.0. The van der Waals surface area contributed by atoms with Crippen LogP contribution < -0.4 is 10.5 Å². The minimum Gasteiger partial charge on any atom is -0.395 e. The van der Waals surface area contributed by atoms with E-state index in [1.54, 1.807) is 31.2 Å². The number of rotatable bonds is 5. The van der Waals surface area contributed by atoms with E-state index in [2.05, 4.69) is 25.1 Å². The van der Waals surface area contributed by atoms with Crippen LogP contribution in [0.1, 0.15) is 18.1 Å². The van der Waals surface area contributed by atoms with E-state index < -0.39 is 15.4 Å². The number of aliphatic hydroxyl groups is 1. The average molecular weight is 497 g/mol. The molecule has 2 aromatic heterocycles. The normalized spacial score (nSPS) is 16.3. The Morgan fingerprint density at radius 2 is 1.83 bits per heavy atom. The van der Waals surface area contributed by atoms with Crippen molar-refractivity contribution in [3.05, 3.63) is 57.9 Å². The summed E-state index contributed by atoms with van der Waals surface area (Å²) in [5.41, 5.74) is 2.59. The second-order valence-electron chi connectivity index (χ2n) is 9.14. The number of hydrogen-bond donors (Lipinski definition) is 2. The molecular weight excluding hydrogens is 468 g/mol. The SMILES string of the molecule is Cc1ccc(S(=O)(=O)c2nnn3c2[nH]c(=O)c2ccc(N4CCN(C(C)CO)CC4)cc23)c(C)c1. The Bertz CT molecular complexity index is 1590. The lowest BCUT2D eigenvalue weighted by Gasteiger charge is -2.38. The zero-order valence-corrected chi connectivity index (χ0v) is 20.7. The van der Waals surface area contributed by atoms with Crippen molar-refractivity contribution < 1.29 is 13.5 Å². The number of aromatic nitrogens is 4. The Kier molecular flexibility index (Phi) is 5.86. The number of aryl methyl sites for hydroxylation is 2. The topological polar surface area (TPSA) is 124 Å². The summed E-state index contributed by atoms with van der Waals surface area (Å²) in [5.74, 6) is 0. The number of aliphatic hydroxyl groups excluding tert-OH is 1. The zero-order chi connectivity index (χ0) is 24.9. The highest BCUT2D eigenvalue weighted by atomic mass is 32.2. The van der Waals surface area contributed by atoms with Gasteiger partial charge in [0.15, 0.2) is 5.65 Å². The molecule has 5 rings (SSSR count). The molecule has 0 radical (unpaired) electrons. The second kappa shape index (κ2) is 8.74. The molecule has 184 valence electrons. The number of anilines is 1. The molecular formula is C24H28N6O4S. The number of H-pyrrole nitrogens is 1. The van der Waals surface area contributed by atoms with Crippen molar-refractivity contribution in [2.45, 2.75) is 36.7 Å². The minimum atomic E-state index is -4.00. The van der Waals surface area contributed by atoms with E-state index >= 15 is 0 Å². The van der Waals surface area contributed by atoms with E-state index in [0.29, 0.717) is 16.5 Å². The van der Waals surface area contributed by atoms with Crippen LogP contribution >= 0.6 is 0 Å². The molecule has 4 aromatic rings. The first-order chi connectivity index (χ1) is 16.7. The third-order valence-electron chi connectivity index (χ3n) is 6.77. The molecule has 1 unspecified atom stereocenters. The molecule has 10 nitrogen and oxygen atoms in total. The van der Waals surface area contributed by atoms with Gasteiger partial charge in [-0.05, 0) is 50.6 Å². The predicted molar refractivity (Wildman–Crippen MR) is 133 cm³/mol. The van der Waals surface area contributed by atoms with Crippen LogP contribution in [0.3, 0.4) is 0 Å². The fourth-order valence-electron chi connectivity index (χ4n) is 4.72. The molecule has 1 atom stereocenters. The van der Waals surface area contributed by atoms with Crippen LogP contribution in [0.2, 0.25) is 0 Å². The van der Waals surface area contributed by atoms with E-state index in [1.165, 1.54) is 4.52 Å². The lowest BCUT2D eigenvalue weighted by Crippen LogP contribution is -2.50. The molecule has 1 aliphatic rings. The summed E-state index contributed by atoms with van der Waals surface area (Å²) in [6, 6.07) is 10.7. The first-order valence-electron chi connectivity index (χ1n) is 11.5. The van der Waals surface area contributed by atoms with Gasteiger partial charge in [-0.2, -0.15) is 4.52 Å². The van der Waals surface area contributed by atoms with E-state index in [4.69, 9.17) is 0 Å². The molecule has 0 saturated carbocycles. The number of aromatic amines is 1. The van der Waals surface area contributed by atoms with Crippen LogP contribution in [0.15, 0.2) is 51.1 Å². The van der Waals surface area contributed by atoms with E-state index in [-0.39, 0.29) is 28.2 Å². The molecule has 2 aromatic carbocycles. The number of benzene rings is 2. The minimum absolute atomic E-state index is 0.0428. The molecule has 0 amide bonds. The number of piperazine rings is 1. The summed E-state index contributed by atoms with van der Waals surface area (Å²) in [5, 5.41) is 17.7. The van der Waals surface area contributed by atoms with Crippen LogP contribution in [-0.4, -0.2) is 77.1 Å². The Labute approximate surface area is 202 Å². The molecule has 0 aliphatic carbocycles. The summed E-state index contributed by atoms with van der Waals surface area (Å²) >= 11 is 0. The lowest BCUT2D eigenvalue weighted by molar-refractivity contribution is 0.128. The van der Waals surface area contributed by atoms with E-state index in [1.807, 2.05) is 26.0 Å². The van der Waals surface area contributed by atoms with E-state index in [0.717, 1.165) is 37.4 Å². The van der Waals surface area contributed by atoms with Gasteiger partial charge >= 0.3 is 0 Å². The van der Waals surface area contributed by atoms with Gasteiger partial charge in [0.1, 0.15) is 0 Å². The Balaban J connectivity index is 1.58. The molecule has 1 aliphatic heterocycles. The van der Waals surface area contributed by atoms with Gasteiger partial charge in [-0.1, -0.05) is 22.9 Å². The number of hydrogen-bond acceptors (Lipinski definition) is 8. The Hall–Kier alpha value is -3.28. The maximum atomic E-state index is 13.4. The maximum absolute atomic E-state index is 13.4. The molecule has 3 heterocycles. The molecule has 2 N–H and O–H groups in total.